The number of benzene rings is 1. The third-order valence-corrected chi connectivity index (χ3v) is 4.03. The van der Waals surface area contributed by atoms with Gasteiger partial charge in [-0.1, -0.05) is 29.8 Å². The molecule has 0 spiro atoms. The van der Waals surface area contributed by atoms with Gasteiger partial charge in [-0.3, -0.25) is 0 Å². The molecule has 5 heteroatoms. The average molecular weight is 341 g/mol. The van der Waals surface area contributed by atoms with Gasteiger partial charge in [0.1, 0.15) is 11.6 Å². The van der Waals surface area contributed by atoms with Crippen LogP contribution >= 0.6 is 27.5 Å². The molecule has 0 atom stereocenters. The zero-order chi connectivity index (χ0) is 13.8. The smallest absolute Gasteiger partial charge is 0.144 e. The molecule has 3 nitrogen and oxygen atoms in total. The van der Waals surface area contributed by atoms with Gasteiger partial charge in [0, 0.05) is 18.0 Å². The van der Waals surface area contributed by atoms with Crippen LogP contribution in [-0.4, -0.2) is 16.5 Å². The summed E-state index contributed by atoms with van der Waals surface area (Å²) >= 11 is 9.67. The summed E-state index contributed by atoms with van der Waals surface area (Å²) in [6.07, 6.45) is 0.631. The van der Waals surface area contributed by atoms with Crippen molar-refractivity contribution in [3.63, 3.8) is 0 Å². The van der Waals surface area contributed by atoms with E-state index in [9.17, 15) is 0 Å². The van der Waals surface area contributed by atoms with Crippen LogP contribution in [0.25, 0.3) is 0 Å². The van der Waals surface area contributed by atoms with E-state index in [1.54, 1.807) is 0 Å². The molecule has 0 aliphatic carbocycles. The average Bonchev–Trinajstić information content (AvgIpc) is 2.38. The van der Waals surface area contributed by atoms with Crippen molar-refractivity contribution in [3.05, 3.63) is 50.8 Å². The molecule has 1 aromatic heterocycles. The molecule has 0 saturated carbocycles. The lowest BCUT2D eigenvalue weighted by atomic mass is 10.1. The molecule has 0 saturated heterocycles. The molecule has 0 radical (unpaired) electrons. The van der Waals surface area contributed by atoms with E-state index in [0.717, 1.165) is 38.9 Å². The molecule has 0 unspecified atom stereocenters. The summed E-state index contributed by atoms with van der Waals surface area (Å²) in [4.78, 5) is 9.03. The zero-order valence-electron chi connectivity index (χ0n) is 10.9. The van der Waals surface area contributed by atoms with Crippen LogP contribution in [0.3, 0.4) is 0 Å². The molecule has 0 bridgehead atoms. The van der Waals surface area contributed by atoms with Gasteiger partial charge < -0.3 is 5.32 Å². The maximum atomic E-state index is 6.17. The lowest BCUT2D eigenvalue weighted by Crippen LogP contribution is -2.07. The monoisotopic (exact) mass is 339 g/mol. The Labute approximate surface area is 126 Å². The van der Waals surface area contributed by atoms with Crippen molar-refractivity contribution in [2.45, 2.75) is 20.3 Å². The maximum Gasteiger partial charge on any atom is 0.144 e. The Morgan fingerprint density at radius 3 is 2.68 bits per heavy atom. The van der Waals surface area contributed by atoms with E-state index in [-0.39, 0.29) is 0 Å². The Bertz CT molecular complexity index is 587. The molecular weight excluding hydrogens is 326 g/mol. The van der Waals surface area contributed by atoms with E-state index in [1.807, 2.05) is 38.1 Å². The molecule has 1 heterocycles. The van der Waals surface area contributed by atoms with Crippen LogP contribution < -0.4 is 5.32 Å². The van der Waals surface area contributed by atoms with Gasteiger partial charge >= 0.3 is 0 Å². The quantitative estimate of drug-likeness (QED) is 0.905. The Hall–Kier alpha value is -1.13. The summed E-state index contributed by atoms with van der Waals surface area (Å²) in [5, 5.41) is 3.97. The second-order valence-corrected chi connectivity index (χ2v) is 5.39. The minimum atomic E-state index is 0.631. The van der Waals surface area contributed by atoms with Gasteiger partial charge in [-0.2, -0.15) is 0 Å². The number of nitrogens with one attached hydrogen (secondary N) is 1. The first-order chi connectivity index (χ1) is 9.11. The third kappa shape index (κ3) is 3.45. The Kier molecular flexibility index (Phi) is 4.77. The standard InChI is InChI=1S/C14H15BrClN3/c1-3-17-14-13(15)9(2)18-12(19-14)8-10-6-4-5-7-11(10)16/h4-7H,3,8H2,1-2H3,(H,17,18,19). The first-order valence-electron chi connectivity index (χ1n) is 6.12. The fourth-order valence-electron chi connectivity index (χ4n) is 1.79. The Morgan fingerprint density at radius 2 is 2.00 bits per heavy atom. The molecule has 100 valence electrons. The van der Waals surface area contributed by atoms with Gasteiger partial charge in [0.2, 0.25) is 0 Å². The van der Waals surface area contributed by atoms with Crippen LogP contribution in [0.5, 0.6) is 0 Å². The summed E-state index contributed by atoms with van der Waals surface area (Å²) in [5.74, 6) is 1.60. The predicted molar refractivity (Wildman–Crippen MR) is 82.9 cm³/mol. The molecule has 1 N–H and O–H groups in total. The van der Waals surface area contributed by atoms with Crippen molar-refractivity contribution in [3.8, 4) is 0 Å². The van der Waals surface area contributed by atoms with Gasteiger partial charge in [0.25, 0.3) is 0 Å². The summed E-state index contributed by atoms with van der Waals surface area (Å²) < 4.78 is 0.914. The van der Waals surface area contributed by atoms with Crippen LogP contribution in [0.15, 0.2) is 28.7 Å². The molecule has 0 amide bonds. The molecule has 0 aliphatic heterocycles. The second kappa shape index (κ2) is 6.35. The normalized spacial score (nSPS) is 10.5. The number of anilines is 1. The van der Waals surface area contributed by atoms with Crippen LogP contribution in [0.2, 0.25) is 5.02 Å². The number of halogens is 2. The maximum absolute atomic E-state index is 6.17. The van der Waals surface area contributed by atoms with E-state index in [1.165, 1.54) is 0 Å². The van der Waals surface area contributed by atoms with E-state index < -0.39 is 0 Å². The number of hydrogen-bond acceptors (Lipinski definition) is 3. The number of aromatic nitrogens is 2. The zero-order valence-corrected chi connectivity index (χ0v) is 13.2. The first-order valence-corrected chi connectivity index (χ1v) is 7.29. The van der Waals surface area contributed by atoms with Crippen molar-refractivity contribution >= 4 is 33.3 Å². The molecular formula is C14H15BrClN3. The van der Waals surface area contributed by atoms with E-state index >= 15 is 0 Å². The van der Waals surface area contributed by atoms with Crippen LogP contribution in [0, 0.1) is 6.92 Å². The highest BCUT2D eigenvalue weighted by molar-refractivity contribution is 9.10. The Balaban J connectivity index is 2.33. The van der Waals surface area contributed by atoms with Crippen LogP contribution in [0.1, 0.15) is 24.0 Å². The molecule has 0 fully saturated rings. The van der Waals surface area contributed by atoms with E-state index in [0.29, 0.717) is 6.42 Å². The summed E-state index contributed by atoms with van der Waals surface area (Å²) in [7, 11) is 0. The van der Waals surface area contributed by atoms with Crippen molar-refractivity contribution in [1.82, 2.24) is 9.97 Å². The van der Waals surface area contributed by atoms with Gasteiger partial charge in [-0.25, -0.2) is 9.97 Å². The predicted octanol–water partition coefficient (Wildman–Crippen LogP) is 4.22. The third-order valence-electron chi connectivity index (χ3n) is 2.71. The first kappa shape index (κ1) is 14.3. The number of aryl methyl sites for hydroxylation is 1. The van der Waals surface area contributed by atoms with E-state index in [2.05, 4.69) is 31.2 Å². The summed E-state index contributed by atoms with van der Waals surface area (Å²) in [6.45, 7) is 4.82. The van der Waals surface area contributed by atoms with Gasteiger partial charge in [-0.05, 0) is 41.4 Å². The number of rotatable bonds is 4. The minimum absolute atomic E-state index is 0.631. The highest BCUT2D eigenvalue weighted by atomic mass is 79.9. The van der Waals surface area contributed by atoms with Crippen LogP contribution in [0.4, 0.5) is 5.82 Å². The fourth-order valence-corrected chi connectivity index (χ4v) is 2.31. The largest absolute Gasteiger partial charge is 0.369 e. The fraction of sp³-hybridized carbons (Fsp3) is 0.286. The van der Waals surface area contributed by atoms with Crippen molar-refractivity contribution < 1.29 is 0 Å². The molecule has 0 aliphatic rings. The lowest BCUT2D eigenvalue weighted by molar-refractivity contribution is 0.930. The van der Waals surface area contributed by atoms with Gasteiger partial charge in [-0.15, -0.1) is 0 Å². The topological polar surface area (TPSA) is 37.8 Å². The minimum Gasteiger partial charge on any atom is -0.369 e. The highest BCUT2D eigenvalue weighted by Gasteiger charge is 2.10. The van der Waals surface area contributed by atoms with Crippen LogP contribution in [-0.2, 0) is 6.42 Å². The second-order valence-electron chi connectivity index (χ2n) is 4.19. The molecule has 2 aromatic rings. The summed E-state index contributed by atoms with van der Waals surface area (Å²) in [5.41, 5.74) is 1.96. The summed E-state index contributed by atoms with van der Waals surface area (Å²) in [6, 6.07) is 7.77. The highest BCUT2D eigenvalue weighted by Crippen LogP contribution is 2.24. The van der Waals surface area contributed by atoms with Crippen molar-refractivity contribution in [1.29, 1.82) is 0 Å². The SMILES string of the molecule is CCNc1nc(Cc2ccccc2Cl)nc(C)c1Br. The molecule has 19 heavy (non-hydrogen) atoms. The van der Waals surface area contributed by atoms with Gasteiger partial charge in [0.05, 0.1) is 10.2 Å². The lowest BCUT2D eigenvalue weighted by Gasteiger charge is -2.10. The number of hydrogen-bond donors (Lipinski definition) is 1. The molecule has 1 aromatic carbocycles. The molecule has 2 rings (SSSR count). The van der Waals surface area contributed by atoms with Crippen molar-refractivity contribution in [2.24, 2.45) is 0 Å². The Morgan fingerprint density at radius 1 is 1.26 bits per heavy atom. The van der Waals surface area contributed by atoms with E-state index in [4.69, 9.17) is 11.6 Å². The van der Waals surface area contributed by atoms with Gasteiger partial charge in [0.15, 0.2) is 0 Å². The van der Waals surface area contributed by atoms with Crippen molar-refractivity contribution in [2.75, 3.05) is 11.9 Å². The number of nitrogens with zero attached hydrogens (tertiary/aromatic N) is 2.